The number of aromatic nitrogens is 1. The molecule has 0 saturated heterocycles. The van der Waals surface area contributed by atoms with Gasteiger partial charge in [0.25, 0.3) is 0 Å². The van der Waals surface area contributed by atoms with Crippen molar-refractivity contribution in [2.24, 2.45) is 11.7 Å². The Morgan fingerprint density at radius 2 is 2.00 bits per heavy atom. The standard InChI is InChI=1S/C11H15BrN2.ClH/c12-10-5-9(6-14-7-10)11(13)8-3-1-2-4-8;/h5-8,11H,1-4,13H2;1H/t11-;/m0./s1. The van der Waals surface area contributed by atoms with E-state index in [0.717, 1.165) is 10.0 Å². The Balaban J connectivity index is 0.00000112. The van der Waals surface area contributed by atoms with Gasteiger partial charge in [-0.1, -0.05) is 12.8 Å². The zero-order valence-electron chi connectivity index (χ0n) is 8.53. The average molecular weight is 292 g/mol. The lowest BCUT2D eigenvalue weighted by atomic mass is 9.94. The third-order valence-corrected chi connectivity index (χ3v) is 3.45. The molecule has 0 aromatic carbocycles. The summed E-state index contributed by atoms with van der Waals surface area (Å²) >= 11 is 3.42. The monoisotopic (exact) mass is 290 g/mol. The van der Waals surface area contributed by atoms with Gasteiger partial charge in [0.2, 0.25) is 0 Å². The number of nitrogens with two attached hydrogens (primary N) is 1. The summed E-state index contributed by atoms with van der Waals surface area (Å²) in [5.74, 6) is 0.658. The van der Waals surface area contributed by atoms with E-state index < -0.39 is 0 Å². The highest BCUT2D eigenvalue weighted by atomic mass is 79.9. The van der Waals surface area contributed by atoms with Crippen LogP contribution >= 0.6 is 28.3 Å². The Morgan fingerprint density at radius 3 is 2.60 bits per heavy atom. The van der Waals surface area contributed by atoms with Crippen LogP contribution in [0.1, 0.15) is 37.3 Å². The summed E-state index contributed by atoms with van der Waals surface area (Å²) in [6, 6.07) is 2.25. The van der Waals surface area contributed by atoms with Crippen molar-refractivity contribution in [1.82, 2.24) is 4.98 Å². The summed E-state index contributed by atoms with van der Waals surface area (Å²) in [6.07, 6.45) is 8.89. The molecule has 84 valence electrons. The molecule has 0 spiro atoms. The van der Waals surface area contributed by atoms with Crippen LogP contribution in [-0.2, 0) is 0 Å². The molecule has 0 unspecified atom stereocenters. The molecule has 1 fully saturated rings. The van der Waals surface area contributed by atoms with Gasteiger partial charge in [0, 0.05) is 22.9 Å². The summed E-state index contributed by atoms with van der Waals surface area (Å²) in [4.78, 5) is 4.15. The first-order valence-electron chi connectivity index (χ1n) is 5.13. The predicted octanol–water partition coefficient (Wildman–Crippen LogP) is 3.46. The third-order valence-electron chi connectivity index (χ3n) is 3.02. The number of halogens is 2. The van der Waals surface area contributed by atoms with E-state index in [1.54, 1.807) is 6.20 Å². The largest absolute Gasteiger partial charge is 0.324 e. The molecular formula is C11H16BrClN2. The first-order valence-corrected chi connectivity index (χ1v) is 5.92. The predicted molar refractivity (Wildman–Crippen MR) is 68.1 cm³/mol. The minimum absolute atomic E-state index is 0. The maximum Gasteiger partial charge on any atom is 0.0410 e. The van der Waals surface area contributed by atoms with Crippen LogP contribution in [0.15, 0.2) is 22.9 Å². The van der Waals surface area contributed by atoms with Crippen molar-refractivity contribution in [2.75, 3.05) is 0 Å². The van der Waals surface area contributed by atoms with Gasteiger partial charge in [-0.15, -0.1) is 12.4 Å². The molecule has 2 N–H and O–H groups in total. The topological polar surface area (TPSA) is 38.9 Å². The number of hydrogen-bond donors (Lipinski definition) is 1. The molecule has 0 amide bonds. The van der Waals surface area contributed by atoms with Crippen LogP contribution in [0.2, 0.25) is 0 Å². The molecule has 4 heteroatoms. The Kier molecular flexibility index (Phi) is 5.03. The lowest BCUT2D eigenvalue weighted by Crippen LogP contribution is -2.19. The second-order valence-electron chi connectivity index (χ2n) is 4.01. The number of pyridine rings is 1. The second kappa shape index (κ2) is 5.83. The first-order chi connectivity index (χ1) is 6.77. The molecule has 1 atom stereocenters. The van der Waals surface area contributed by atoms with Crippen LogP contribution in [0, 0.1) is 5.92 Å². The van der Waals surface area contributed by atoms with E-state index in [-0.39, 0.29) is 18.4 Å². The minimum atomic E-state index is 0. The van der Waals surface area contributed by atoms with Crippen molar-refractivity contribution < 1.29 is 0 Å². The highest BCUT2D eigenvalue weighted by molar-refractivity contribution is 9.10. The summed E-state index contributed by atoms with van der Waals surface area (Å²) in [5, 5.41) is 0. The Bertz CT molecular complexity index is 313. The SMILES string of the molecule is Cl.N[C@H](c1cncc(Br)c1)C1CCCC1. The van der Waals surface area contributed by atoms with Crippen molar-refractivity contribution in [3.8, 4) is 0 Å². The molecule has 1 aliphatic rings. The highest BCUT2D eigenvalue weighted by Crippen LogP contribution is 2.34. The van der Waals surface area contributed by atoms with Gasteiger partial charge in [-0.05, 0) is 46.3 Å². The van der Waals surface area contributed by atoms with Crippen LogP contribution in [0.25, 0.3) is 0 Å². The second-order valence-corrected chi connectivity index (χ2v) is 4.92. The van der Waals surface area contributed by atoms with Crippen LogP contribution in [0.3, 0.4) is 0 Å². The van der Waals surface area contributed by atoms with Gasteiger partial charge in [-0.25, -0.2) is 0 Å². The molecule has 1 aliphatic carbocycles. The molecule has 0 radical (unpaired) electrons. The number of nitrogens with zero attached hydrogens (tertiary/aromatic N) is 1. The van der Waals surface area contributed by atoms with Gasteiger partial charge in [-0.2, -0.15) is 0 Å². The van der Waals surface area contributed by atoms with E-state index in [2.05, 4.69) is 27.0 Å². The van der Waals surface area contributed by atoms with E-state index >= 15 is 0 Å². The quantitative estimate of drug-likeness (QED) is 0.906. The summed E-state index contributed by atoms with van der Waals surface area (Å²) in [7, 11) is 0. The van der Waals surface area contributed by atoms with Crippen molar-refractivity contribution in [2.45, 2.75) is 31.7 Å². The van der Waals surface area contributed by atoms with Gasteiger partial charge in [0.15, 0.2) is 0 Å². The van der Waals surface area contributed by atoms with E-state index in [0.29, 0.717) is 5.92 Å². The summed E-state index contributed by atoms with van der Waals surface area (Å²) in [5.41, 5.74) is 7.37. The third kappa shape index (κ3) is 3.16. The molecule has 1 heterocycles. The summed E-state index contributed by atoms with van der Waals surface area (Å²) in [6.45, 7) is 0. The molecule has 15 heavy (non-hydrogen) atoms. The average Bonchev–Trinajstić information content (AvgIpc) is 2.69. The van der Waals surface area contributed by atoms with Crippen LogP contribution in [-0.4, -0.2) is 4.98 Å². The van der Waals surface area contributed by atoms with E-state index in [9.17, 15) is 0 Å². The van der Waals surface area contributed by atoms with Gasteiger partial charge in [0.1, 0.15) is 0 Å². The lowest BCUT2D eigenvalue weighted by molar-refractivity contribution is 0.444. The molecule has 0 bridgehead atoms. The minimum Gasteiger partial charge on any atom is -0.324 e. The summed E-state index contributed by atoms with van der Waals surface area (Å²) < 4.78 is 1.02. The Morgan fingerprint density at radius 1 is 1.33 bits per heavy atom. The number of hydrogen-bond acceptors (Lipinski definition) is 2. The normalized spacial score (nSPS) is 18.5. The zero-order valence-corrected chi connectivity index (χ0v) is 10.9. The van der Waals surface area contributed by atoms with E-state index in [1.807, 2.05) is 6.20 Å². The highest BCUT2D eigenvalue weighted by Gasteiger charge is 2.23. The fourth-order valence-electron chi connectivity index (χ4n) is 2.20. The molecule has 2 nitrogen and oxygen atoms in total. The fourth-order valence-corrected chi connectivity index (χ4v) is 2.58. The number of rotatable bonds is 2. The van der Waals surface area contributed by atoms with Crippen molar-refractivity contribution in [1.29, 1.82) is 0 Å². The van der Waals surface area contributed by atoms with Crippen molar-refractivity contribution >= 4 is 28.3 Å². The van der Waals surface area contributed by atoms with Crippen LogP contribution in [0.4, 0.5) is 0 Å². The first kappa shape index (κ1) is 12.9. The fraction of sp³-hybridized carbons (Fsp3) is 0.545. The maximum atomic E-state index is 6.21. The molecule has 2 rings (SSSR count). The van der Waals surface area contributed by atoms with E-state index in [4.69, 9.17) is 5.73 Å². The smallest absolute Gasteiger partial charge is 0.0410 e. The molecule has 1 saturated carbocycles. The van der Waals surface area contributed by atoms with Gasteiger partial charge in [-0.3, -0.25) is 4.98 Å². The molecule has 1 aromatic heterocycles. The zero-order chi connectivity index (χ0) is 9.97. The van der Waals surface area contributed by atoms with Crippen molar-refractivity contribution in [3.63, 3.8) is 0 Å². The van der Waals surface area contributed by atoms with Crippen LogP contribution < -0.4 is 5.73 Å². The molecular weight excluding hydrogens is 275 g/mol. The van der Waals surface area contributed by atoms with Crippen molar-refractivity contribution in [3.05, 3.63) is 28.5 Å². The molecule has 0 aliphatic heterocycles. The maximum absolute atomic E-state index is 6.21. The van der Waals surface area contributed by atoms with E-state index in [1.165, 1.54) is 25.7 Å². The van der Waals surface area contributed by atoms with Gasteiger partial charge >= 0.3 is 0 Å². The Hall–Kier alpha value is -0.120. The van der Waals surface area contributed by atoms with Gasteiger partial charge in [0.05, 0.1) is 0 Å². The lowest BCUT2D eigenvalue weighted by Gasteiger charge is -2.18. The van der Waals surface area contributed by atoms with Crippen LogP contribution in [0.5, 0.6) is 0 Å². The Labute approximate surface area is 105 Å². The van der Waals surface area contributed by atoms with Gasteiger partial charge < -0.3 is 5.73 Å². The molecule has 1 aromatic rings.